The molecule has 132 heavy (non-hydrogen) atoms. The van der Waals surface area contributed by atoms with Crippen molar-refractivity contribution < 1.29 is 14.2 Å². The molecule has 11 nitrogen and oxygen atoms in total. The first-order chi connectivity index (χ1) is 65.4. The van der Waals surface area contributed by atoms with Crippen molar-refractivity contribution in [3.63, 3.8) is 0 Å². The number of hydrogen-bond donors (Lipinski definition) is 0. The number of thiophene rings is 3. The van der Waals surface area contributed by atoms with Crippen LogP contribution in [0.25, 0.3) is 250 Å². The third-order valence-electron chi connectivity index (χ3n) is 25.6. The maximum atomic E-state index is 6.49. The number of ether oxygens (including phenoxy) is 3. The summed E-state index contributed by atoms with van der Waals surface area (Å²) in [5, 5.41) is 18.9. The molecule has 0 spiro atoms. The lowest BCUT2D eigenvalue weighted by molar-refractivity contribution is 0.493. The fraction of sp³-hybridized carbons (Fsp3) is 0. The molecule has 6 aromatic heterocycles. The number of aromatic nitrogens is 8. The predicted molar refractivity (Wildman–Crippen MR) is 545 cm³/mol. The summed E-state index contributed by atoms with van der Waals surface area (Å²) < 4.78 is 26.9. The van der Waals surface area contributed by atoms with Crippen LogP contribution in [0.1, 0.15) is 0 Å². The maximum absolute atomic E-state index is 6.49. The zero-order valence-corrected chi connectivity index (χ0v) is 72.6. The molecule has 0 saturated heterocycles. The normalized spacial score (nSPS) is 12.1. The van der Waals surface area contributed by atoms with E-state index < -0.39 is 0 Å². The largest absolute Gasteiger partial charge is 0.456 e. The Balaban J connectivity index is 0.000000102. The van der Waals surface area contributed by atoms with Crippen LogP contribution >= 0.6 is 34.0 Å². The molecule has 0 fully saturated rings. The SMILES string of the molecule is c1ccc(-c2ccc(-c3nc4ccccc4nc3-c3cc4sc5cccc6c5c4c4c(cccc34)O6)cc2)cc1.c1ccc(-c2nc(-c3ccccc3)nc(-c3cc(-c4cc5sc6cccc7c6c5c5c(cccc45)O7)cc4ccccc34)n2)cc1.c1ccc(-c2nc(-c3ccccc3)nc(-c3cc(-c4ccc5c6c4sc4ccc7cccc(c7c46)O5)cc4ccccc34)n2)cc1. The van der Waals surface area contributed by atoms with Crippen LogP contribution in [-0.2, 0) is 0 Å². The third kappa shape index (κ3) is 12.4. The number of hydrogen-bond acceptors (Lipinski definition) is 14. The molecule has 0 bridgehead atoms. The summed E-state index contributed by atoms with van der Waals surface area (Å²) in [6.07, 6.45) is 0. The molecule has 26 aromatic rings. The van der Waals surface area contributed by atoms with E-state index in [1.165, 1.54) is 98.8 Å². The zero-order chi connectivity index (χ0) is 86.6. The van der Waals surface area contributed by atoms with Gasteiger partial charge >= 0.3 is 0 Å². The summed E-state index contributed by atoms with van der Waals surface area (Å²) in [7, 11) is 0. The molecule has 3 aliphatic rings. The Hall–Kier alpha value is -16.9. The van der Waals surface area contributed by atoms with Crippen molar-refractivity contribution in [3.05, 3.63) is 400 Å². The first-order valence-electron chi connectivity index (χ1n) is 43.9. The van der Waals surface area contributed by atoms with E-state index in [9.17, 15) is 0 Å². The van der Waals surface area contributed by atoms with Gasteiger partial charge in [0.2, 0.25) is 0 Å². The van der Waals surface area contributed by atoms with E-state index in [4.69, 9.17) is 54.1 Å². The van der Waals surface area contributed by atoms with E-state index in [-0.39, 0.29) is 0 Å². The van der Waals surface area contributed by atoms with Gasteiger partial charge in [-0.15, -0.1) is 34.0 Å². The topological polar surface area (TPSA) is 131 Å². The summed E-state index contributed by atoms with van der Waals surface area (Å²) in [5.74, 6) is 9.39. The minimum Gasteiger partial charge on any atom is -0.456 e. The lowest BCUT2D eigenvalue weighted by atomic mass is 9.91. The quantitative estimate of drug-likeness (QED) is 0.123. The van der Waals surface area contributed by atoms with Crippen LogP contribution in [0.15, 0.2) is 400 Å². The van der Waals surface area contributed by atoms with Gasteiger partial charge in [-0.1, -0.05) is 291 Å². The van der Waals surface area contributed by atoms with Gasteiger partial charge < -0.3 is 14.2 Å². The van der Waals surface area contributed by atoms with E-state index in [2.05, 4.69) is 249 Å². The van der Waals surface area contributed by atoms with E-state index in [1.807, 2.05) is 186 Å². The van der Waals surface area contributed by atoms with Crippen molar-refractivity contribution in [3.8, 4) is 159 Å². The van der Waals surface area contributed by atoms with Crippen molar-refractivity contribution in [2.24, 2.45) is 0 Å². The first kappa shape index (κ1) is 75.3. The van der Waals surface area contributed by atoms with Gasteiger partial charge in [-0.05, 0) is 180 Å². The molecule has 20 aromatic carbocycles. The van der Waals surface area contributed by atoms with Crippen LogP contribution in [0.5, 0.6) is 34.5 Å². The summed E-state index contributed by atoms with van der Waals surface area (Å²) >= 11 is 5.46. The standard InChI is InChI=1S/2C41H23N3OS.C36H20N2OS/c1-3-11-24(12-4-1)39-42-40(25-13-5-2-6-14-25)44-41(43-39)31-22-27(21-26-15-7-8-16-28(26)31)30-23-35-38-36-29(30)17-9-18-32(36)45-33-19-10-20-34(46-35)37(33)38;1-3-10-25(11-4-1)39-42-40(26-12-5-2-6-13-26)44-41(43-39)31-23-28(22-27-14-7-8-16-29(27)31)30-19-20-33-36-37-34(46-38(30)36)21-18-24-15-9-17-32(45-33)35(24)37;1-2-8-21(9-3-1)22-16-18-23(19-17-22)35-36(38-27-12-5-4-11-26(27)37-35)25-20-31-34-32-24(25)10-6-13-28(32)39-29-14-7-15-30(40-31)33(29)34/h2*1-23H;1-20H. The van der Waals surface area contributed by atoms with Crippen LogP contribution in [0, 0.1) is 0 Å². The lowest BCUT2D eigenvalue weighted by Crippen LogP contribution is -2.01. The Morgan fingerprint density at radius 3 is 1.05 bits per heavy atom. The molecule has 0 aliphatic carbocycles. The minimum atomic E-state index is 0.646. The molecule has 0 saturated carbocycles. The maximum Gasteiger partial charge on any atom is 0.164 e. The molecule has 0 N–H and O–H groups in total. The molecule has 0 atom stereocenters. The molecule has 0 radical (unpaired) electrons. The second kappa shape index (κ2) is 30.4. The highest BCUT2D eigenvalue weighted by Crippen LogP contribution is 2.58. The summed E-state index contributed by atoms with van der Waals surface area (Å²) in [5.41, 5.74) is 18.3. The van der Waals surface area contributed by atoms with E-state index in [0.717, 1.165) is 150 Å². The van der Waals surface area contributed by atoms with E-state index >= 15 is 0 Å². The summed E-state index contributed by atoms with van der Waals surface area (Å²) in [6, 6.07) is 139. The molecule has 14 heteroatoms. The third-order valence-corrected chi connectivity index (χ3v) is 29.0. The molecule has 614 valence electrons. The Bertz CT molecular complexity index is 9200. The molecule has 0 unspecified atom stereocenters. The Labute approximate surface area is 766 Å². The number of rotatable bonds is 11. The zero-order valence-electron chi connectivity index (χ0n) is 70.1. The van der Waals surface area contributed by atoms with Crippen molar-refractivity contribution in [1.29, 1.82) is 0 Å². The number of para-hydroxylation sites is 2. The number of benzene rings is 20. The van der Waals surface area contributed by atoms with Gasteiger partial charge in [-0.25, -0.2) is 39.9 Å². The molecular weight excluding hydrogens is 1670 g/mol. The smallest absolute Gasteiger partial charge is 0.164 e. The summed E-state index contributed by atoms with van der Waals surface area (Å²) in [6.45, 7) is 0. The second-order valence-corrected chi connectivity index (χ2v) is 36.6. The van der Waals surface area contributed by atoms with Crippen molar-refractivity contribution in [1.82, 2.24) is 39.9 Å². The highest BCUT2D eigenvalue weighted by atomic mass is 32.1. The first-order valence-corrected chi connectivity index (χ1v) is 46.3. The lowest BCUT2D eigenvalue weighted by Gasteiger charge is -2.19. The monoisotopic (exact) mass is 1740 g/mol. The van der Waals surface area contributed by atoms with Crippen LogP contribution in [0.2, 0.25) is 0 Å². The molecule has 3 aliphatic heterocycles. The Kier molecular flexibility index (Phi) is 17.3. The van der Waals surface area contributed by atoms with Crippen molar-refractivity contribution >= 4 is 159 Å². The Morgan fingerprint density at radius 2 is 0.530 bits per heavy atom. The average Bonchev–Trinajstić information content (AvgIpc) is 1.53. The predicted octanol–water partition coefficient (Wildman–Crippen LogP) is 32.9. The average molecular weight is 1740 g/mol. The Morgan fingerprint density at radius 1 is 0.167 bits per heavy atom. The van der Waals surface area contributed by atoms with Gasteiger partial charge in [0.25, 0.3) is 0 Å². The van der Waals surface area contributed by atoms with Gasteiger partial charge in [-0.2, -0.15) is 0 Å². The minimum absolute atomic E-state index is 0.646. The highest BCUT2D eigenvalue weighted by molar-refractivity contribution is 7.27. The van der Waals surface area contributed by atoms with Gasteiger partial charge in [0.05, 0.1) is 22.4 Å². The van der Waals surface area contributed by atoms with Gasteiger partial charge in [0, 0.05) is 121 Å². The van der Waals surface area contributed by atoms with Crippen molar-refractivity contribution in [2.75, 3.05) is 0 Å². The van der Waals surface area contributed by atoms with Crippen molar-refractivity contribution in [2.45, 2.75) is 0 Å². The fourth-order valence-electron chi connectivity index (χ4n) is 19.6. The van der Waals surface area contributed by atoms with Crippen LogP contribution < -0.4 is 14.2 Å². The molecule has 9 heterocycles. The molecule has 0 amide bonds. The van der Waals surface area contributed by atoms with E-state index in [1.54, 1.807) is 0 Å². The summed E-state index contributed by atoms with van der Waals surface area (Å²) in [4.78, 5) is 40.7. The molecular formula is C118H66N8O3S3. The van der Waals surface area contributed by atoms with Gasteiger partial charge in [0.1, 0.15) is 34.5 Å². The van der Waals surface area contributed by atoms with Crippen LogP contribution in [0.4, 0.5) is 0 Å². The van der Waals surface area contributed by atoms with E-state index in [0.29, 0.717) is 34.9 Å². The number of nitrogens with zero attached hydrogens (tertiary/aromatic N) is 8. The van der Waals surface area contributed by atoms with Crippen LogP contribution in [0.3, 0.4) is 0 Å². The molecule has 29 rings (SSSR count). The highest BCUT2D eigenvalue weighted by Gasteiger charge is 2.30. The van der Waals surface area contributed by atoms with Gasteiger partial charge in [0.15, 0.2) is 34.9 Å². The fourth-order valence-corrected chi connectivity index (χ4v) is 23.2. The number of fused-ring (bicyclic) bond motifs is 3. The van der Waals surface area contributed by atoms with Gasteiger partial charge in [-0.3, -0.25) is 0 Å². The van der Waals surface area contributed by atoms with Crippen LogP contribution in [-0.4, -0.2) is 39.9 Å². The second-order valence-electron chi connectivity index (χ2n) is 33.4.